The van der Waals surface area contributed by atoms with Crippen molar-refractivity contribution in [3.8, 4) is 5.75 Å². The van der Waals surface area contributed by atoms with Gasteiger partial charge in [0.1, 0.15) is 30.3 Å². The van der Waals surface area contributed by atoms with Crippen molar-refractivity contribution >= 4 is 29.7 Å². The average molecular weight is 586 g/mol. The van der Waals surface area contributed by atoms with Gasteiger partial charge < -0.3 is 14.2 Å². The van der Waals surface area contributed by atoms with Gasteiger partial charge in [-0.3, -0.25) is 30.2 Å². The van der Waals surface area contributed by atoms with Crippen LogP contribution in [0.25, 0.3) is 0 Å². The van der Waals surface area contributed by atoms with Crippen molar-refractivity contribution in [3.63, 3.8) is 0 Å². The lowest BCUT2D eigenvalue weighted by Gasteiger charge is -2.37. The quantitative estimate of drug-likeness (QED) is 0.220. The Bertz CT molecular complexity index is 1410. The number of benzene rings is 3. The highest BCUT2D eigenvalue weighted by Gasteiger charge is 2.35. The van der Waals surface area contributed by atoms with Gasteiger partial charge in [0.05, 0.1) is 6.54 Å². The number of anilines is 1. The minimum Gasteiger partial charge on any atom is -0.460 e. The molecular weight excluding hydrogens is 550 g/mol. The van der Waals surface area contributed by atoms with E-state index in [-0.39, 0.29) is 30.6 Å². The maximum absolute atomic E-state index is 12.7. The fourth-order valence-corrected chi connectivity index (χ4v) is 5.05. The number of ether oxygens (including phenoxy) is 3. The summed E-state index contributed by atoms with van der Waals surface area (Å²) in [5, 5.41) is 10.6. The summed E-state index contributed by atoms with van der Waals surface area (Å²) in [5.41, 5.74) is 2.07. The molecule has 2 saturated heterocycles. The molecule has 2 fully saturated rings. The van der Waals surface area contributed by atoms with Gasteiger partial charge in [0.15, 0.2) is 0 Å². The van der Waals surface area contributed by atoms with E-state index in [1.807, 2.05) is 43.3 Å². The molecule has 2 aliphatic rings. The molecule has 2 heterocycles. The predicted octanol–water partition coefficient (Wildman–Crippen LogP) is 3.88. The molecule has 11 nitrogen and oxygen atoms in total. The van der Waals surface area contributed by atoms with Gasteiger partial charge >= 0.3 is 18.2 Å². The number of amides is 2. The van der Waals surface area contributed by atoms with Gasteiger partial charge in [-0.05, 0) is 48.9 Å². The smallest absolute Gasteiger partial charge is 0.418 e. The summed E-state index contributed by atoms with van der Waals surface area (Å²) in [6.07, 6.45) is -1.48. The SMILES string of the molecule is CC(C(=O)OCc1ccccc1)N1CCN(CC2CN(c3ccc(C(=N)NC(=O)Oc4ccccc4)cc3)C(=O)O2)CC1. The zero-order valence-electron chi connectivity index (χ0n) is 24.0. The highest BCUT2D eigenvalue weighted by atomic mass is 16.6. The van der Waals surface area contributed by atoms with Gasteiger partial charge in [0.25, 0.3) is 0 Å². The molecule has 2 unspecified atom stereocenters. The zero-order chi connectivity index (χ0) is 30.2. The van der Waals surface area contributed by atoms with E-state index in [2.05, 4.69) is 15.1 Å². The molecule has 43 heavy (non-hydrogen) atoms. The van der Waals surface area contributed by atoms with Crippen LogP contribution >= 0.6 is 0 Å². The maximum atomic E-state index is 12.7. The number of cyclic esters (lactones) is 1. The van der Waals surface area contributed by atoms with E-state index in [4.69, 9.17) is 19.6 Å². The van der Waals surface area contributed by atoms with Crippen molar-refractivity contribution in [3.05, 3.63) is 96.1 Å². The Morgan fingerprint density at radius 2 is 1.60 bits per heavy atom. The van der Waals surface area contributed by atoms with Crippen LogP contribution in [0.5, 0.6) is 5.75 Å². The molecule has 0 radical (unpaired) electrons. The van der Waals surface area contributed by atoms with Crippen LogP contribution < -0.4 is 15.0 Å². The topological polar surface area (TPSA) is 125 Å². The van der Waals surface area contributed by atoms with E-state index >= 15 is 0 Å². The first-order valence-electron chi connectivity index (χ1n) is 14.2. The van der Waals surface area contributed by atoms with Gasteiger partial charge in [-0.2, -0.15) is 0 Å². The van der Waals surface area contributed by atoms with Crippen molar-refractivity contribution in [2.75, 3.05) is 44.2 Å². The molecule has 2 amide bonds. The van der Waals surface area contributed by atoms with Crippen molar-refractivity contribution in [1.82, 2.24) is 15.1 Å². The van der Waals surface area contributed by atoms with E-state index in [1.165, 1.54) is 0 Å². The number of carbonyl (C=O) groups is 3. The van der Waals surface area contributed by atoms with Gasteiger partial charge in [0.2, 0.25) is 0 Å². The number of para-hydroxylation sites is 1. The van der Waals surface area contributed by atoms with Crippen LogP contribution in [0.4, 0.5) is 15.3 Å². The van der Waals surface area contributed by atoms with Gasteiger partial charge in [0, 0.05) is 44.0 Å². The van der Waals surface area contributed by atoms with Crippen molar-refractivity contribution < 1.29 is 28.6 Å². The predicted molar refractivity (Wildman–Crippen MR) is 160 cm³/mol. The van der Waals surface area contributed by atoms with Crippen molar-refractivity contribution in [1.29, 1.82) is 5.41 Å². The van der Waals surface area contributed by atoms with Crippen molar-refractivity contribution in [2.45, 2.75) is 25.7 Å². The zero-order valence-corrected chi connectivity index (χ0v) is 24.0. The molecule has 3 aromatic carbocycles. The molecule has 2 atom stereocenters. The second-order valence-corrected chi connectivity index (χ2v) is 10.5. The fourth-order valence-electron chi connectivity index (χ4n) is 5.05. The number of nitrogens with zero attached hydrogens (tertiary/aromatic N) is 3. The van der Waals surface area contributed by atoms with Crippen LogP contribution in [0.15, 0.2) is 84.9 Å². The summed E-state index contributed by atoms with van der Waals surface area (Å²) in [6, 6.07) is 24.6. The standard InChI is InChI=1S/C32H35N5O6/c1-23(30(38)41-22-24-8-4-2-5-9-24)36-18-16-35(17-19-36)20-28-21-37(32(40)43-28)26-14-12-25(13-15-26)29(33)34-31(39)42-27-10-6-3-7-11-27/h2-15,23,28H,16-22H2,1H3,(H2,33,34,39). The minimum atomic E-state index is -0.760. The van der Waals surface area contributed by atoms with Crippen LogP contribution in [0.3, 0.4) is 0 Å². The third kappa shape index (κ3) is 7.97. The maximum Gasteiger partial charge on any atom is 0.418 e. The first-order chi connectivity index (χ1) is 20.9. The lowest BCUT2D eigenvalue weighted by molar-refractivity contribution is -0.151. The summed E-state index contributed by atoms with van der Waals surface area (Å²) in [5.74, 6) is 0.0231. The van der Waals surface area contributed by atoms with Gasteiger partial charge in [-0.15, -0.1) is 0 Å². The molecule has 0 aromatic heterocycles. The van der Waals surface area contributed by atoms with E-state index in [0.29, 0.717) is 43.2 Å². The molecular formula is C32H35N5O6. The molecule has 0 saturated carbocycles. The van der Waals surface area contributed by atoms with E-state index in [9.17, 15) is 14.4 Å². The first-order valence-corrected chi connectivity index (χ1v) is 14.2. The Morgan fingerprint density at radius 3 is 2.28 bits per heavy atom. The van der Waals surface area contributed by atoms with Gasteiger partial charge in [-0.1, -0.05) is 48.5 Å². The van der Waals surface area contributed by atoms with Crippen LogP contribution in [0.1, 0.15) is 18.1 Å². The monoisotopic (exact) mass is 585 g/mol. The molecule has 3 aromatic rings. The second kappa shape index (κ2) is 14.0. The highest BCUT2D eigenvalue weighted by Crippen LogP contribution is 2.23. The lowest BCUT2D eigenvalue weighted by Crippen LogP contribution is -2.53. The normalized spacial score (nSPS) is 18.0. The number of hydrogen-bond acceptors (Lipinski definition) is 9. The largest absolute Gasteiger partial charge is 0.460 e. The number of nitrogens with one attached hydrogen (secondary N) is 2. The molecule has 5 rings (SSSR count). The Kier molecular flexibility index (Phi) is 9.65. The lowest BCUT2D eigenvalue weighted by atomic mass is 10.1. The Hall–Kier alpha value is -4.74. The molecule has 11 heteroatoms. The number of hydrogen-bond donors (Lipinski definition) is 2. The Balaban J connectivity index is 1.05. The van der Waals surface area contributed by atoms with Crippen LogP contribution in [0, 0.1) is 5.41 Å². The Morgan fingerprint density at radius 1 is 0.953 bits per heavy atom. The average Bonchev–Trinajstić information content (AvgIpc) is 3.40. The molecule has 0 spiro atoms. The summed E-state index contributed by atoms with van der Waals surface area (Å²) in [7, 11) is 0. The van der Waals surface area contributed by atoms with Crippen LogP contribution in [0.2, 0.25) is 0 Å². The minimum absolute atomic E-state index is 0.118. The van der Waals surface area contributed by atoms with Crippen molar-refractivity contribution in [2.24, 2.45) is 0 Å². The summed E-state index contributed by atoms with van der Waals surface area (Å²) in [4.78, 5) is 43.3. The first kappa shape index (κ1) is 29.7. The summed E-state index contributed by atoms with van der Waals surface area (Å²) < 4.78 is 16.3. The molecule has 2 aliphatic heterocycles. The summed E-state index contributed by atoms with van der Waals surface area (Å²) >= 11 is 0. The van der Waals surface area contributed by atoms with E-state index in [1.54, 1.807) is 53.4 Å². The Labute approximate surface area is 250 Å². The fraction of sp³-hybridized carbons (Fsp3) is 0.312. The third-order valence-electron chi connectivity index (χ3n) is 7.50. The summed E-state index contributed by atoms with van der Waals surface area (Å²) in [6.45, 7) is 6.07. The van der Waals surface area contributed by atoms with E-state index in [0.717, 1.165) is 18.7 Å². The molecule has 2 N–H and O–H groups in total. The number of carbonyl (C=O) groups excluding carboxylic acids is 3. The van der Waals surface area contributed by atoms with E-state index < -0.39 is 12.2 Å². The number of rotatable bonds is 9. The van der Waals surface area contributed by atoms with Crippen LogP contribution in [-0.4, -0.2) is 85.2 Å². The third-order valence-corrected chi connectivity index (χ3v) is 7.50. The second-order valence-electron chi connectivity index (χ2n) is 10.5. The van der Waals surface area contributed by atoms with Gasteiger partial charge in [-0.25, -0.2) is 9.59 Å². The molecule has 0 bridgehead atoms. The molecule has 0 aliphatic carbocycles. The number of piperazine rings is 1. The highest BCUT2D eigenvalue weighted by molar-refractivity contribution is 6.05. The van der Waals surface area contributed by atoms with Crippen LogP contribution in [-0.2, 0) is 20.9 Å². The number of esters is 1. The molecule has 224 valence electrons. The number of amidine groups is 1.